The largest absolute Gasteiger partial charge is 0.396 e. The second kappa shape index (κ2) is 5.15. The highest BCUT2D eigenvalue weighted by Crippen LogP contribution is 2.26. The predicted octanol–water partition coefficient (Wildman–Crippen LogP) is 0.129. The monoisotopic (exact) mass is 292 g/mol. The molecule has 1 aromatic rings. The molecule has 0 amide bonds. The second-order valence-corrected chi connectivity index (χ2v) is 8.29. The van der Waals surface area contributed by atoms with Crippen LogP contribution in [0.3, 0.4) is 0 Å². The van der Waals surface area contributed by atoms with Crippen molar-refractivity contribution in [1.29, 1.82) is 0 Å². The van der Waals surface area contributed by atoms with Crippen molar-refractivity contribution in [2.24, 2.45) is 0 Å². The molecule has 0 radical (unpaired) electrons. The molecule has 18 heavy (non-hydrogen) atoms. The Morgan fingerprint density at radius 2 is 1.78 bits per heavy atom. The maximum Gasteiger partial charge on any atom is 0.177 e. The van der Waals surface area contributed by atoms with Crippen molar-refractivity contribution < 1.29 is 16.8 Å². The third kappa shape index (κ3) is 4.19. The molecule has 0 aliphatic carbocycles. The Labute approximate surface area is 107 Å². The third-order valence-electron chi connectivity index (χ3n) is 2.25. The maximum absolute atomic E-state index is 11.4. The van der Waals surface area contributed by atoms with E-state index in [0.717, 1.165) is 12.5 Å². The normalized spacial score (nSPS) is 12.3. The fourth-order valence-corrected chi connectivity index (χ4v) is 2.70. The molecule has 8 heteroatoms. The van der Waals surface area contributed by atoms with Crippen LogP contribution in [0.5, 0.6) is 0 Å². The standard InChI is InChI=1S/C10H16N2O4S2/c1-17(13,14)7-6-12-8-4-3-5-9(10(8)11)18(2,15)16/h3-5,12H,6-7,11H2,1-2H3. The summed E-state index contributed by atoms with van der Waals surface area (Å²) in [5, 5.41) is 2.81. The molecule has 0 saturated carbocycles. The Morgan fingerprint density at radius 1 is 1.17 bits per heavy atom. The van der Waals surface area contributed by atoms with Crippen molar-refractivity contribution in [3.8, 4) is 0 Å². The van der Waals surface area contributed by atoms with E-state index in [1.165, 1.54) is 6.07 Å². The quantitative estimate of drug-likeness (QED) is 0.747. The number of para-hydroxylation sites is 1. The van der Waals surface area contributed by atoms with E-state index in [-0.39, 0.29) is 22.9 Å². The molecule has 6 nitrogen and oxygen atoms in total. The summed E-state index contributed by atoms with van der Waals surface area (Å²) in [6.45, 7) is 0.177. The fraction of sp³-hybridized carbons (Fsp3) is 0.400. The Bertz CT molecular complexity index is 636. The zero-order valence-electron chi connectivity index (χ0n) is 10.2. The van der Waals surface area contributed by atoms with E-state index in [0.29, 0.717) is 5.69 Å². The summed E-state index contributed by atoms with van der Waals surface area (Å²) in [4.78, 5) is 0.0341. The minimum absolute atomic E-state index is 0.0341. The predicted molar refractivity (Wildman–Crippen MR) is 72.2 cm³/mol. The number of sulfone groups is 2. The molecule has 0 aliphatic heterocycles. The van der Waals surface area contributed by atoms with E-state index in [1.807, 2.05) is 0 Å². The van der Waals surface area contributed by atoms with E-state index < -0.39 is 19.7 Å². The molecule has 0 heterocycles. The number of nitrogens with one attached hydrogen (secondary N) is 1. The van der Waals surface area contributed by atoms with Crippen molar-refractivity contribution in [2.45, 2.75) is 4.90 Å². The number of anilines is 2. The molecule has 0 aliphatic rings. The molecule has 0 saturated heterocycles. The van der Waals surface area contributed by atoms with Crippen LogP contribution in [0.2, 0.25) is 0 Å². The Kier molecular flexibility index (Phi) is 4.23. The summed E-state index contributed by atoms with van der Waals surface area (Å²) in [5.41, 5.74) is 6.25. The van der Waals surface area contributed by atoms with Crippen LogP contribution >= 0.6 is 0 Å². The lowest BCUT2D eigenvalue weighted by molar-refractivity contribution is 0.600. The molecular weight excluding hydrogens is 276 g/mol. The SMILES string of the molecule is CS(=O)(=O)CCNc1cccc(S(C)(=O)=O)c1N. The lowest BCUT2D eigenvalue weighted by atomic mass is 10.2. The summed E-state index contributed by atoms with van der Waals surface area (Å²) < 4.78 is 44.8. The van der Waals surface area contributed by atoms with Gasteiger partial charge in [0, 0.05) is 19.1 Å². The Balaban J connectivity index is 2.92. The summed E-state index contributed by atoms with van der Waals surface area (Å²) in [6, 6.07) is 4.56. The van der Waals surface area contributed by atoms with Gasteiger partial charge in [-0.25, -0.2) is 16.8 Å². The molecule has 0 aromatic heterocycles. The lowest BCUT2D eigenvalue weighted by Gasteiger charge is -2.11. The third-order valence-corrected chi connectivity index (χ3v) is 4.35. The zero-order valence-corrected chi connectivity index (χ0v) is 11.8. The maximum atomic E-state index is 11.4. The summed E-state index contributed by atoms with van der Waals surface area (Å²) in [5.74, 6) is -0.0461. The summed E-state index contributed by atoms with van der Waals surface area (Å²) in [7, 11) is -6.46. The van der Waals surface area contributed by atoms with Crippen LogP contribution in [0.25, 0.3) is 0 Å². The van der Waals surface area contributed by atoms with Gasteiger partial charge in [-0.3, -0.25) is 0 Å². The Hall–Kier alpha value is -1.28. The van der Waals surface area contributed by atoms with Gasteiger partial charge in [-0.05, 0) is 12.1 Å². The second-order valence-electron chi connectivity index (χ2n) is 4.05. The first kappa shape index (κ1) is 14.8. The van der Waals surface area contributed by atoms with Crippen LogP contribution in [0.15, 0.2) is 23.1 Å². The highest BCUT2D eigenvalue weighted by Gasteiger charge is 2.14. The fourth-order valence-electron chi connectivity index (χ4n) is 1.39. The molecule has 0 atom stereocenters. The molecule has 0 spiro atoms. The van der Waals surface area contributed by atoms with Gasteiger partial charge < -0.3 is 11.1 Å². The minimum atomic E-state index is -3.39. The highest BCUT2D eigenvalue weighted by atomic mass is 32.2. The first-order chi connectivity index (χ1) is 8.11. The van der Waals surface area contributed by atoms with Gasteiger partial charge in [-0.15, -0.1) is 0 Å². The number of hydrogen-bond acceptors (Lipinski definition) is 6. The van der Waals surface area contributed by atoms with Gasteiger partial charge in [0.15, 0.2) is 9.84 Å². The van der Waals surface area contributed by atoms with E-state index >= 15 is 0 Å². The van der Waals surface area contributed by atoms with Crippen molar-refractivity contribution in [3.05, 3.63) is 18.2 Å². The molecule has 0 bridgehead atoms. The smallest absolute Gasteiger partial charge is 0.177 e. The first-order valence-corrected chi connectivity index (χ1v) is 9.06. The van der Waals surface area contributed by atoms with Crippen LogP contribution in [0, 0.1) is 0 Å². The topological polar surface area (TPSA) is 106 Å². The molecule has 3 N–H and O–H groups in total. The number of hydrogen-bond donors (Lipinski definition) is 2. The number of nitrogens with two attached hydrogens (primary N) is 1. The van der Waals surface area contributed by atoms with E-state index in [2.05, 4.69) is 5.32 Å². The van der Waals surface area contributed by atoms with Crippen LogP contribution < -0.4 is 11.1 Å². The van der Waals surface area contributed by atoms with E-state index in [4.69, 9.17) is 5.73 Å². The molecular formula is C10H16N2O4S2. The van der Waals surface area contributed by atoms with Gasteiger partial charge >= 0.3 is 0 Å². The lowest BCUT2D eigenvalue weighted by Crippen LogP contribution is -2.15. The van der Waals surface area contributed by atoms with Crippen LogP contribution in [-0.2, 0) is 19.7 Å². The summed E-state index contributed by atoms with van der Waals surface area (Å²) in [6.07, 6.45) is 2.20. The van der Waals surface area contributed by atoms with Crippen molar-refractivity contribution in [3.63, 3.8) is 0 Å². The average molecular weight is 292 g/mol. The van der Waals surface area contributed by atoms with Gasteiger partial charge in [-0.2, -0.15) is 0 Å². The van der Waals surface area contributed by atoms with Gasteiger partial charge in [0.1, 0.15) is 9.84 Å². The Morgan fingerprint density at radius 3 is 2.28 bits per heavy atom. The van der Waals surface area contributed by atoms with Gasteiger partial charge in [-0.1, -0.05) is 6.07 Å². The molecule has 0 unspecified atom stereocenters. The van der Waals surface area contributed by atoms with Crippen LogP contribution in [-0.4, -0.2) is 41.6 Å². The van der Waals surface area contributed by atoms with Crippen molar-refractivity contribution in [2.75, 3.05) is 35.9 Å². The van der Waals surface area contributed by atoms with Crippen LogP contribution in [0.1, 0.15) is 0 Å². The van der Waals surface area contributed by atoms with Crippen molar-refractivity contribution >= 4 is 31.0 Å². The summed E-state index contributed by atoms with van der Waals surface area (Å²) >= 11 is 0. The average Bonchev–Trinajstić information content (AvgIpc) is 2.17. The number of nitrogen functional groups attached to an aromatic ring is 1. The van der Waals surface area contributed by atoms with Crippen molar-refractivity contribution in [1.82, 2.24) is 0 Å². The molecule has 102 valence electrons. The molecule has 0 fully saturated rings. The van der Waals surface area contributed by atoms with Gasteiger partial charge in [0.05, 0.1) is 22.0 Å². The van der Waals surface area contributed by atoms with Crippen LogP contribution in [0.4, 0.5) is 11.4 Å². The number of rotatable bonds is 5. The molecule has 1 rings (SSSR count). The first-order valence-electron chi connectivity index (χ1n) is 5.11. The molecule has 1 aromatic carbocycles. The van der Waals surface area contributed by atoms with E-state index in [1.54, 1.807) is 12.1 Å². The van der Waals surface area contributed by atoms with E-state index in [9.17, 15) is 16.8 Å². The van der Waals surface area contributed by atoms with Gasteiger partial charge in [0.2, 0.25) is 0 Å². The number of benzene rings is 1. The van der Waals surface area contributed by atoms with Gasteiger partial charge in [0.25, 0.3) is 0 Å². The highest BCUT2D eigenvalue weighted by molar-refractivity contribution is 7.91. The zero-order chi connectivity index (χ0) is 14.0. The minimum Gasteiger partial charge on any atom is -0.396 e.